The van der Waals surface area contributed by atoms with Crippen molar-refractivity contribution in [2.75, 3.05) is 18.2 Å². The predicted octanol–water partition coefficient (Wildman–Crippen LogP) is 4.32. The Morgan fingerprint density at radius 3 is 2.90 bits per heavy atom. The van der Waals surface area contributed by atoms with Gasteiger partial charge in [0.2, 0.25) is 11.1 Å². The van der Waals surface area contributed by atoms with Crippen LogP contribution in [0.1, 0.15) is 11.4 Å². The molecule has 2 aromatic carbocycles. The average Bonchev–Trinajstić information content (AvgIpc) is 3.37. The number of benzene rings is 2. The molecule has 0 unspecified atom stereocenters. The van der Waals surface area contributed by atoms with Crippen molar-refractivity contribution in [2.24, 2.45) is 0 Å². The van der Waals surface area contributed by atoms with E-state index in [0.717, 1.165) is 21.5 Å². The highest BCUT2D eigenvalue weighted by atomic mass is 32.2. The fourth-order valence-electron chi connectivity index (χ4n) is 2.51. The molecule has 4 rings (SSSR count). The second kappa shape index (κ2) is 8.89. The third kappa shape index (κ3) is 5.01. The quantitative estimate of drug-likeness (QED) is 0.430. The van der Waals surface area contributed by atoms with Crippen molar-refractivity contribution in [1.82, 2.24) is 20.2 Å². The summed E-state index contributed by atoms with van der Waals surface area (Å²) in [5.74, 6) is 1.43. The number of aromatic nitrogens is 4. The van der Waals surface area contributed by atoms with Crippen molar-refractivity contribution in [1.29, 1.82) is 0 Å². The lowest BCUT2D eigenvalue weighted by Gasteiger charge is -1.98. The number of hydrogen-bond donors (Lipinski definition) is 2. The van der Waals surface area contributed by atoms with Crippen LogP contribution >= 0.6 is 23.1 Å². The molecule has 4 aromatic rings. The van der Waals surface area contributed by atoms with Crippen LogP contribution in [0.2, 0.25) is 0 Å². The zero-order valence-corrected chi connectivity index (χ0v) is 17.1. The van der Waals surface area contributed by atoms with E-state index in [0.29, 0.717) is 16.1 Å². The molecule has 2 aromatic heterocycles. The van der Waals surface area contributed by atoms with Crippen molar-refractivity contribution in [3.63, 3.8) is 0 Å². The van der Waals surface area contributed by atoms with Crippen molar-refractivity contribution >= 4 is 56.5 Å². The minimum atomic E-state index is -0.160. The molecule has 0 aliphatic rings. The van der Waals surface area contributed by atoms with Crippen molar-refractivity contribution in [3.05, 3.63) is 59.9 Å². The standard InChI is InChI=1S/C20H17N5O2S2/c1-27-14-8-9-15-16(11-14)29-19(21-15)23-18(26)12-28-20-22-17(24-25-20)10-7-13-5-3-2-4-6-13/h2-11H,12H2,1H3,(H,21,23,26)(H,22,24,25)/b10-7+. The lowest BCUT2D eigenvalue weighted by molar-refractivity contribution is -0.113. The minimum absolute atomic E-state index is 0.160. The van der Waals surface area contributed by atoms with Crippen LogP contribution in [0.5, 0.6) is 5.75 Å². The number of methoxy groups -OCH3 is 1. The van der Waals surface area contributed by atoms with Gasteiger partial charge in [0.25, 0.3) is 0 Å². The van der Waals surface area contributed by atoms with Crippen LogP contribution in [0.15, 0.2) is 53.7 Å². The molecule has 0 saturated carbocycles. The molecule has 0 atom stereocenters. The number of carbonyl (C=O) groups excluding carboxylic acids is 1. The van der Waals surface area contributed by atoms with Gasteiger partial charge >= 0.3 is 0 Å². The van der Waals surface area contributed by atoms with Gasteiger partial charge in [-0.25, -0.2) is 9.97 Å². The summed E-state index contributed by atoms with van der Waals surface area (Å²) in [6, 6.07) is 15.5. The normalized spacial score (nSPS) is 11.2. The fraction of sp³-hybridized carbons (Fsp3) is 0.100. The first-order valence-electron chi connectivity index (χ1n) is 8.72. The molecule has 0 bridgehead atoms. The smallest absolute Gasteiger partial charge is 0.236 e. The van der Waals surface area contributed by atoms with E-state index in [2.05, 4.69) is 25.5 Å². The molecule has 2 N–H and O–H groups in total. The number of rotatable bonds is 7. The van der Waals surface area contributed by atoms with Gasteiger partial charge in [0, 0.05) is 0 Å². The van der Waals surface area contributed by atoms with Gasteiger partial charge in [-0.15, -0.1) is 5.10 Å². The minimum Gasteiger partial charge on any atom is -0.497 e. The van der Waals surface area contributed by atoms with E-state index in [1.54, 1.807) is 7.11 Å². The molecule has 7 nitrogen and oxygen atoms in total. The molecule has 0 spiro atoms. The molecular formula is C20H17N5O2S2. The highest BCUT2D eigenvalue weighted by Crippen LogP contribution is 2.29. The van der Waals surface area contributed by atoms with E-state index in [9.17, 15) is 4.79 Å². The predicted molar refractivity (Wildman–Crippen MR) is 117 cm³/mol. The SMILES string of the molecule is COc1ccc2nc(NC(=O)CSc3n[nH]c(/C=C/c4ccccc4)n3)sc2c1. The number of aromatic amines is 1. The molecule has 0 aliphatic carbocycles. The van der Waals surface area contributed by atoms with Gasteiger partial charge < -0.3 is 10.1 Å². The zero-order chi connectivity index (χ0) is 20.1. The number of carbonyl (C=O) groups is 1. The fourth-order valence-corrected chi connectivity index (χ4v) is 4.02. The number of H-pyrrole nitrogens is 1. The Bertz CT molecular complexity index is 1150. The number of amides is 1. The molecule has 0 radical (unpaired) electrons. The second-order valence-corrected chi connectivity index (χ2v) is 7.91. The van der Waals surface area contributed by atoms with Crippen molar-refractivity contribution in [2.45, 2.75) is 5.16 Å². The molecule has 9 heteroatoms. The van der Waals surface area contributed by atoms with Gasteiger partial charge in [-0.05, 0) is 29.8 Å². The Kier molecular flexibility index (Phi) is 5.87. The van der Waals surface area contributed by atoms with Gasteiger partial charge in [0.1, 0.15) is 11.6 Å². The van der Waals surface area contributed by atoms with E-state index in [-0.39, 0.29) is 11.7 Å². The Morgan fingerprint density at radius 1 is 1.21 bits per heavy atom. The molecule has 146 valence electrons. The maximum Gasteiger partial charge on any atom is 0.236 e. The van der Waals surface area contributed by atoms with Crippen LogP contribution in [0.3, 0.4) is 0 Å². The Labute approximate surface area is 175 Å². The molecule has 29 heavy (non-hydrogen) atoms. The largest absolute Gasteiger partial charge is 0.497 e. The third-order valence-corrected chi connectivity index (χ3v) is 5.67. The lowest BCUT2D eigenvalue weighted by Crippen LogP contribution is -2.13. The van der Waals surface area contributed by atoms with E-state index < -0.39 is 0 Å². The summed E-state index contributed by atoms with van der Waals surface area (Å²) in [7, 11) is 1.62. The van der Waals surface area contributed by atoms with Gasteiger partial charge in [-0.1, -0.05) is 59.5 Å². The highest BCUT2D eigenvalue weighted by Gasteiger charge is 2.11. The first-order valence-corrected chi connectivity index (χ1v) is 10.5. The number of nitrogens with zero attached hydrogens (tertiary/aromatic N) is 3. The molecule has 1 amide bonds. The van der Waals surface area contributed by atoms with Gasteiger partial charge in [0.15, 0.2) is 5.13 Å². The number of hydrogen-bond acceptors (Lipinski definition) is 7. The second-order valence-electron chi connectivity index (χ2n) is 5.94. The van der Waals surface area contributed by atoms with E-state index >= 15 is 0 Å². The molecule has 0 aliphatic heterocycles. The van der Waals surface area contributed by atoms with Crippen LogP contribution in [-0.4, -0.2) is 38.9 Å². The summed E-state index contributed by atoms with van der Waals surface area (Å²) >= 11 is 2.67. The Morgan fingerprint density at radius 2 is 2.07 bits per heavy atom. The lowest BCUT2D eigenvalue weighted by atomic mass is 10.2. The van der Waals surface area contributed by atoms with Gasteiger partial charge in [-0.2, -0.15) is 0 Å². The van der Waals surface area contributed by atoms with Crippen LogP contribution < -0.4 is 10.1 Å². The van der Waals surface area contributed by atoms with Crippen LogP contribution in [-0.2, 0) is 4.79 Å². The summed E-state index contributed by atoms with van der Waals surface area (Å²) in [6.07, 6.45) is 3.80. The molecule has 2 heterocycles. The summed E-state index contributed by atoms with van der Waals surface area (Å²) in [6.45, 7) is 0. The number of fused-ring (bicyclic) bond motifs is 1. The number of anilines is 1. The van der Waals surface area contributed by atoms with Crippen molar-refractivity contribution < 1.29 is 9.53 Å². The maximum absolute atomic E-state index is 12.2. The van der Waals surface area contributed by atoms with Crippen molar-refractivity contribution in [3.8, 4) is 5.75 Å². The molecule has 0 fully saturated rings. The van der Waals surface area contributed by atoms with E-state index in [1.165, 1.54) is 23.1 Å². The number of thioether (sulfide) groups is 1. The Balaban J connectivity index is 1.32. The van der Waals surface area contributed by atoms with Gasteiger partial charge in [-0.3, -0.25) is 9.89 Å². The monoisotopic (exact) mass is 423 g/mol. The van der Waals surface area contributed by atoms with E-state index in [4.69, 9.17) is 4.74 Å². The number of thiazole rings is 1. The molecular weight excluding hydrogens is 406 g/mol. The average molecular weight is 424 g/mol. The number of ether oxygens (including phenoxy) is 1. The third-order valence-electron chi connectivity index (χ3n) is 3.89. The van der Waals surface area contributed by atoms with Crippen LogP contribution in [0, 0.1) is 0 Å². The topological polar surface area (TPSA) is 92.8 Å². The van der Waals surface area contributed by atoms with Crippen LogP contribution in [0.4, 0.5) is 5.13 Å². The van der Waals surface area contributed by atoms with E-state index in [1.807, 2.05) is 60.7 Å². The number of nitrogens with one attached hydrogen (secondary N) is 2. The zero-order valence-electron chi connectivity index (χ0n) is 15.5. The summed E-state index contributed by atoms with van der Waals surface area (Å²) in [5.41, 5.74) is 1.90. The summed E-state index contributed by atoms with van der Waals surface area (Å²) in [5, 5.41) is 10.9. The summed E-state index contributed by atoms with van der Waals surface area (Å²) in [4.78, 5) is 21.0. The maximum atomic E-state index is 12.2. The summed E-state index contributed by atoms with van der Waals surface area (Å²) < 4.78 is 6.17. The Hall–Kier alpha value is -3.17. The molecule has 0 saturated heterocycles. The van der Waals surface area contributed by atoms with Crippen LogP contribution in [0.25, 0.3) is 22.4 Å². The highest BCUT2D eigenvalue weighted by molar-refractivity contribution is 7.99. The first kappa shape index (κ1) is 19.2. The van der Waals surface area contributed by atoms with Gasteiger partial charge in [0.05, 0.1) is 23.1 Å². The first-order chi connectivity index (χ1) is 14.2.